The summed E-state index contributed by atoms with van der Waals surface area (Å²) in [6.07, 6.45) is 0.965. The van der Waals surface area contributed by atoms with Gasteiger partial charge < -0.3 is 20.1 Å². The molecule has 21 heavy (non-hydrogen) atoms. The molecule has 2 amide bonds. The molecule has 6 heteroatoms. The molecule has 118 valence electrons. The number of urea groups is 1. The molecule has 0 aliphatic carbocycles. The van der Waals surface area contributed by atoms with Gasteiger partial charge in [0.05, 0.1) is 31.4 Å². The maximum Gasteiger partial charge on any atom is 0.318 e. The number of amides is 2. The molecule has 0 bridgehead atoms. The number of nitrogens with one attached hydrogen (secondary N) is 1. The number of ether oxygens (including phenoxy) is 1. The molecule has 1 aliphatic heterocycles. The quantitative estimate of drug-likeness (QED) is 0.877. The van der Waals surface area contributed by atoms with E-state index < -0.39 is 6.10 Å². The third-order valence-corrected chi connectivity index (χ3v) is 4.68. The van der Waals surface area contributed by atoms with Crippen molar-refractivity contribution in [1.29, 1.82) is 0 Å². The Balaban J connectivity index is 1.99. The van der Waals surface area contributed by atoms with Gasteiger partial charge in [0, 0.05) is 11.4 Å². The smallest absolute Gasteiger partial charge is 0.318 e. The monoisotopic (exact) mass is 312 g/mol. The molecule has 0 aromatic carbocycles. The zero-order chi connectivity index (χ0) is 15.2. The number of hydrogen-bond acceptors (Lipinski definition) is 4. The zero-order valence-electron chi connectivity index (χ0n) is 12.6. The average Bonchev–Trinajstić information content (AvgIpc) is 2.98. The Morgan fingerprint density at radius 3 is 3.10 bits per heavy atom. The molecule has 3 unspecified atom stereocenters. The van der Waals surface area contributed by atoms with Crippen LogP contribution in [0.1, 0.15) is 37.6 Å². The van der Waals surface area contributed by atoms with E-state index in [0.29, 0.717) is 26.2 Å². The van der Waals surface area contributed by atoms with E-state index in [1.165, 1.54) is 4.88 Å². The van der Waals surface area contributed by atoms with Crippen LogP contribution < -0.4 is 5.32 Å². The van der Waals surface area contributed by atoms with Crippen LogP contribution in [0.2, 0.25) is 0 Å². The van der Waals surface area contributed by atoms with Crippen molar-refractivity contribution in [1.82, 2.24) is 10.2 Å². The first-order chi connectivity index (χ1) is 10.1. The number of thiophene rings is 1. The van der Waals surface area contributed by atoms with Gasteiger partial charge in [0.15, 0.2) is 0 Å². The van der Waals surface area contributed by atoms with E-state index in [4.69, 9.17) is 4.74 Å². The number of carbonyl (C=O) groups is 1. The van der Waals surface area contributed by atoms with Gasteiger partial charge >= 0.3 is 6.03 Å². The molecule has 2 N–H and O–H groups in total. The van der Waals surface area contributed by atoms with Crippen LogP contribution in [0.4, 0.5) is 4.79 Å². The second-order valence-electron chi connectivity index (χ2n) is 5.43. The normalized spacial score (nSPS) is 21.9. The number of aliphatic hydroxyl groups excluding tert-OH is 1. The minimum atomic E-state index is -0.439. The molecule has 1 aromatic heterocycles. The summed E-state index contributed by atoms with van der Waals surface area (Å²) in [5, 5.41) is 14.7. The maximum absolute atomic E-state index is 12.5. The van der Waals surface area contributed by atoms with Crippen LogP contribution in [0.25, 0.3) is 0 Å². The molecule has 1 saturated heterocycles. The van der Waals surface area contributed by atoms with Crippen molar-refractivity contribution >= 4 is 17.4 Å². The minimum absolute atomic E-state index is 0.0487. The fourth-order valence-electron chi connectivity index (χ4n) is 2.61. The Labute approximate surface area is 129 Å². The summed E-state index contributed by atoms with van der Waals surface area (Å²) < 4.78 is 5.44. The summed E-state index contributed by atoms with van der Waals surface area (Å²) >= 11 is 1.66. The van der Waals surface area contributed by atoms with Gasteiger partial charge in [-0.3, -0.25) is 0 Å². The lowest BCUT2D eigenvalue weighted by Crippen LogP contribution is -2.53. The summed E-state index contributed by atoms with van der Waals surface area (Å²) in [7, 11) is 0. The van der Waals surface area contributed by atoms with Crippen LogP contribution in [-0.4, -0.2) is 47.9 Å². The van der Waals surface area contributed by atoms with Crippen LogP contribution in [0.3, 0.4) is 0 Å². The van der Waals surface area contributed by atoms with E-state index in [1.807, 2.05) is 17.5 Å². The van der Waals surface area contributed by atoms with Gasteiger partial charge in [-0.25, -0.2) is 4.79 Å². The summed E-state index contributed by atoms with van der Waals surface area (Å²) in [6, 6.07) is 3.97. The van der Waals surface area contributed by atoms with Gasteiger partial charge in [-0.1, -0.05) is 13.0 Å². The maximum atomic E-state index is 12.5. The van der Waals surface area contributed by atoms with Gasteiger partial charge in [0.2, 0.25) is 0 Å². The number of morpholine rings is 1. The number of carbonyl (C=O) groups excluding carboxylic acids is 1. The molecule has 0 saturated carbocycles. The highest BCUT2D eigenvalue weighted by Gasteiger charge is 2.29. The van der Waals surface area contributed by atoms with Crippen molar-refractivity contribution in [3.05, 3.63) is 22.4 Å². The van der Waals surface area contributed by atoms with E-state index in [1.54, 1.807) is 23.2 Å². The lowest BCUT2D eigenvalue weighted by atomic mass is 10.1. The first kappa shape index (κ1) is 16.3. The van der Waals surface area contributed by atoms with Gasteiger partial charge in [-0.2, -0.15) is 0 Å². The third kappa shape index (κ3) is 4.43. The van der Waals surface area contributed by atoms with Crippen molar-refractivity contribution < 1.29 is 14.6 Å². The lowest BCUT2D eigenvalue weighted by molar-refractivity contribution is -0.00484. The predicted molar refractivity (Wildman–Crippen MR) is 83.5 cm³/mol. The minimum Gasteiger partial charge on any atom is -0.393 e. The Bertz CT molecular complexity index is 436. The Kier molecular flexibility index (Phi) is 6.02. The highest BCUT2D eigenvalue weighted by atomic mass is 32.1. The van der Waals surface area contributed by atoms with Crippen LogP contribution in [-0.2, 0) is 4.74 Å². The van der Waals surface area contributed by atoms with Crippen LogP contribution in [0.5, 0.6) is 0 Å². The highest BCUT2D eigenvalue weighted by molar-refractivity contribution is 7.10. The van der Waals surface area contributed by atoms with Gasteiger partial charge in [0.25, 0.3) is 0 Å². The molecule has 1 aromatic rings. The summed E-state index contributed by atoms with van der Waals surface area (Å²) in [5.41, 5.74) is 0. The van der Waals surface area contributed by atoms with Crippen LogP contribution in [0, 0.1) is 0 Å². The lowest BCUT2D eigenvalue weighted by Gasteiger charge is -2.37. The van der Waals surface area contributed by atoms with Crippen molar-refractivity contribution in [2.24, 2.45) is 0 Å². The van der Waals surface area contributed by atoms with Gasteiger partial charge in [-0.15, -0.1) is 11.3 Å². The van der Waals surface area contributed by atoms with Crippen molar-refractivity contribution in [3.8, 4) is 0 Å². The summed E-state index contributed by atoms with van der Waals surface area (Å²) in [4.78, 5) is 15.5. The van der Waals surface area contributed by atoms with Crippen LogP contribution in [0.15, 0.2) is 17.5 Å². The average molecular weight is 312 g/mol. The molecule has 0 radical (unpaired) electrons. The van der Waals surface area contributed by atoms with Gasteiger partial charge in [-0.05, 0) is 31.2 Å². The highest BCUT2D eigenvalue weighted by Crippen LogP contribution is 2.22. The van der Waals surface area contributed by atoms with E-state index in [0.717, 1.165) is 6.42 Å². The first-order valence-electron chi connectivity index (χ1n) is 7.48. The van der Waals surface area contributed by atoms with Crippen molar-refractivity contribution in [2.45, 2.75) is 44.9 Å². The number of rotatable bonds is 5. The molecule has 3 atom stereocenters. The van der Waals surface area contributed by atoms with Crippen molar-refractivity contribution in [2.75, 3.05) is 19.8 Å². The third-order valence-electron chi connectivity index (χ3n) is 3.69. The molecule has 2 rings (SSSR count). The topological polar surface area (TPSA) is 61.8 Å². The molecule has 1 fully saturated rings. The van der Waals surface area contributed by atoms with Gasteiger partial charge in [0.1, 0.15) is 0 Å². The standard InChI is InChI=1S/C15H24N2O3S/c1-3-13(14-5-4-8-21-14)16-15(19)17-6-7-20-10-12(17)9-11(2)18/h4-5,8,11-13,18H,3,6-7,9-10H2,1-2H3,(H,16,19). The number of aliphatic hydroxyl groups is 1. The molecule has 0 spiro atoms. The Morgan fingerprint density at radius 1 is 1.67 bits per heavy atom. The second kappa shape index (κ2) is 7.77. The molecular weight excluding hydrogens is 288 g/mol. The molecular formula is C15H24N2O3S. The number of nitrogens with zero attached hydrogens (tertiary/aromatic N) is 1. The Morgan fingerprint density at radius 2 is 2.48 bits per heavy atom. The van der Waals surface area contributed by atoms with Crippen molar-refractivity contribution in [3.63, 3.8) is 0 Å². The molecule has 2 heterocycles. The zero-order valence-corrected chi connectivity index (χ0v) is 13.4. The fourth-order valence-corrected chi connectivity index (χ4v) is 3.47. The molecule has 1 aliphatic rings. The predicted octanol–water partition coefficient (Wildman–Crippen LogP) is 2.38. The first-order valence-corrected chi connectivity index (χ1v) is 8.36. The number of hydrogen-bond donors (Lipinski definition) is 2. The summed E-state index contributed by atoms with van der Waals surface area (Å²) in [6.45, 7) is 5.43. The summed E-state index contributed by atoms with van der Waals surface area (Å²) in [5.74, 6) is 0. The van der Waals surface area contributed by atoms with E-state index >= 15 is 0 Å². The Hall–Kier alpha value is -1.11. The van der Waals surface area contributed by atoms with E-state index in [2.05, 4.69) is 12.2 Å². The fraction of sp³-hybridized carbons (Fsp3) is 0.667. The SMILES string of the molecule is CCC(NC(=O)N1CCOCC1CC(C)O)c1cccs1. The second-order valence-corrected chi connectivity index (χ2v) is 6.41. The van der Waals surface area contributed by atoms with E-state index in [9.17, 15) is 9.90 Å². The van der Waals surface area contributed by atoms with E-state index in [-0.39, 0.29) is 18.1 Å². The molecule has 5 nitrogen and oxygen atoms in total. The largest absolute Gasteiger partial charge is 0.393 e. The van der Waals surface area contributed by atoms with Crippen LogP contribution >= 0.6 is 11.3 Å².